The van der Waals surface area contributed by atoms with Gasteiger partial charge in [0.1, 0.15) is 18.2 Å². The van der Waals surface area contributed by atoms with Crippen molar-refractivity contribution in [3.63, 3.8) is 0 Å². The van der Waals surface area contributed by atoms with Crippen LogP contribution in [0.2, 0.25) is 0 Å². The molecule has 33 heavy (non-hydrogen) atoms. The summed E-state index contributed by atoms with van der Waals surface area (Å²) in [7, 11) is -2.62. The summed E-state index contributed by atoms with van der Waals surface area (Å²) in [4.78, 5) is 8.55. The first-order valence-electron chi connectivity index (χ1n) is 10.8. The van der Waals surface area contributed by atoms with Crippen molar-refractivity contribution in [2.75, 3.05) is 13.2 Å². The molecular weight excluding hydrogens is 461 g/mol. The number of ether oxygens (including phenoxy) is 1. The highest BCUT2D eigenvalue weighted by molar-refractivity contribution is 7.32. The summed E-state index contributed by atoms with van der Waals surface area (Å²) in [5.41, 5.74) is 2.22. The Morgan fingerprint density at radius 2 is 1.58 bits per heavy atom. The Morgan fingerprint density at radius 1 is 0.909 bits per heavy atom. The van der Waals surface area contributed by atoms with Gasteiger partial charge in [-0.15, -0.1) is 22.6 Å². The van der Waals surface area contributed by atoms with Crippen molar-refractivity contribution in [1.82, 2.24) is 5.32 Å². The minimum absolute atomic E-state index is 0.115. The Balaban J connectivity index is 1.78. The highest BCUT2D eigenvalue weighted by Gasteiger charge is 2.32. The lowest BCUT2D eigenvalue weighted by Crippen LogP contribution is -2.19. The van der Waals surface area contributed by atoms with Crippen LogP contribution in [0.25, 0.3) is 0 Å². The van der Waals surface area contributed by atoms with Gasteiger partial charge in [-0.1, -0.05) is 37.1 Å². The van der Waals surface area contributed by atoms with Crippen LogP contribution < -0.4 is 10.1 Å². The van der Waals surface area contributed by atoms with Crippen molar-refractivity contribution in [3.05, 3.63) is 65.0 Å². The zero-order valence-corrected chi connectivity index (χ0v) is 19.1. The highest BCUT2D eigenvalue weighted by atomic mass is 31.1. The van der Waals surface area contributed by atoms with E-state index in [1.807, 2.05) is 0 Å². The fourth-order valence-electron chi connectivity index (χ4n) is 3.36. The SMILES string of the molecule is O=[P+](O)OCCCNCc1ccc(CCCCCCc2ccc(F)cc2)c(OC(F)(F)F)c1. The molecule has 0 aliphatic rings. The molecule has 0 aromatic heterocycles. The Hall–Kier alpha value is -2.06. The predicted octanol–water partition coefficient (Wildman–Crippen LogP) is 6.22. The molecule has 5 nitrogen and oxygen atoms in total. The first kappa shape index (κ1) is 27.2. The van der Waals surface area contributed by atoms with Crippen LogP contribution in [-0.4, -0.2) is 24.4 Å². The normalized spacial score (nSPS) is 12.1. The Kier molecular flexibility index (Phi) is 11.7. The number of hydrogen-bond donors (Lipinski definition) is 2. The molecule has 2 N–H and O–H groups in total. The zero-order chi connectivity index (χ0) is 24.1. The molecule has 182 valence electrons. The van der Waals surface area contributed by atoms with E-state index in [4.69, 9.17) is 4.89 Å². The number of benzene rings is 2. The molecule has 0 radical (unpaired) electrons. The zero-order valence-electron chi connectivity index (χ0n) is 18.2. The highest BCUT2D eigenvalue weighted by Crippen LogP contribution is 2.29. The quantitative estimate of drug-likeness (QED) is 0.176. The first-order valence-corrected chi connectivity index (χ1v) is 12.0. The summed E-state index contributed by atoms with van der Waals surface area (Å²) in [6.07, 6.45) is 0.521. The maximum absolute atomic E-state index is 12.9. The van der Waals surface area contributed by atoms with Crippen molar-refractivity contribution in [2.45, 2.75) is 57.9 Å². The van der Waals surface area contributed by atoms with Gasteiger partial charge >= 0.3 is 14.6 Å². The molecule has 2 aromatic rings. The molecule has 0 fully saturated rings. The number of hydrogen-bond acceptors (Lipinski definition) is 4. The summed E-state index contributed by atoms with van der Waals surface area (Å²) in [6.45, 7) is 0.936. The Labute approximate surface area is 192 Å². The van der Waals surface area contributed by atoms with Crippen LogP contribution in [0.3, 0.4) is 0 Å². The standard InChI is InChI=1S/C23H28F4NO4P/c24-21-12-9-18(10-13-21)6-3-1-2-4-7-20-11-8-19(16-22(20)32-23(25,26)27)17-28-14-5-15-31-33(29)30/h8-13,16,28H,1-7,14-15,17H2/p+1. The Morgan fingerprint density at radius 3 is 2.24 bits per heavy atom. The van der Waals surface area contributed by atoms with Gasteiger partial charge in [0.15, 0.2) is 0 Å². The Bertz CT molecular complexity index is 863. The second-order valence-corrected chi connectivity index (χ2v) is 8.37. The van der Waals surface area contributed by atoms with Crippen LogP contribution in [0.4, 0.5) is 17.6 Å². The molecular formula is C23H29F4NO4P+. The monoisotopic (exact) mass is 490 g/mol. The first-order chi connectivity index (χ1) is 15.7. The molecule has 0 heterocycles. The second-order valence-electron chi connectivity index (χ2n) is 7.63. The minimum Gasteiger partial charge on any atom is -0.405 e. The molecule has 2 aromatic carbocycles. The van der Waals surface area contributed by atoms with E-state index in [9.17, 15) is 22.1 Å². The van der Waals surface area contributed by atoms with Crippen LogP contribution in [0.15, 0.2) is 42.5 Å². The lowest BCUT2D eigenvalue weighted by atomic mass is 10.0. The average molecular weight is 490 g/mol. The van der Waals surface area contributed by atoms with Crippen LogP contribution in [0, 0.1) is 5.82 Å². The maximum atomic E-state index is 12.9. The number of unbranched alkanes of at least 4 members (excludes halogenated alkanes) is 3. The van der Waals surface area contributed by atoms with E-state index in [1.54, 1.807) is 24.3 Å². The van der Waals surface area contributed by atoms with Gasteiger partial charge in [-0.2, -0.15) is 0 Å². The molecule has 2 rings (SSSR count). The molecule has 0 spiro atoms. The van der Waals surface area contributed by atoms with E-state index in [-0.39, 0.29) is 18.2 Å². The smallest absolute Gasteiger partial charge is 0.405 e. The van der Waals surface area contributed by atoms with Crippen molar-refractivity contribution >= 4 is 8.25 Å². The van der Waals surface area contributed by atoms with E-state index in [1.165, 1.54) is 18.2 Å². The van der Waals surface area contributed by atoms with Gasteiger partial charge < -0.3 is 10.1 Å². The molecule has 10 heteroatoms. The van der Waals surface area contributed by atoms with Gasteiger partial charge in [0, 0.05) is 11.1 Å². The van der Waals surface area contributed by atoms with E-state index >= 15 is 0 Å². The lowest BCUT2D eigenvalue weighted by molar-refractivity contribution is -0.274. The fraction of sp³-hybridized carbons (Fsp3) is 0.478. The summed E-state index contributed by atoms with van der Waals surface area (Å²) in [6, 6.07) is 11.2. The van der Waals surface area contributed by atoms with E-state index in [0.717, 1.165) is 37.7 Å². The number of rotatable bonds is 15. The van der Waals surface area contributed by atoms with Gasteiger partial charge in [-0.3, -0.25) is 0 Å². The van der Waals surface area contributed by atoms with Crippen molar-refractivity contribution in [2.24, 2.45) is 0 Å². The number of halogens is 4. The summed E-state index contributed by atoms with van der Waals surface area (Å²) in [5, 5.41) is 3.05. The number of aryl methyl sites for hydroxylation is 2. The van der Waals surface area contributed by atoms with Crippen LogP contribution in [0.5, 0.6) is 5.75 Å². The van der Waals surface area contributed by atoms with Gasteiger partial charge in [-0.05, 0) is 73.5 Å². The topological polar surface area (TPSA) is 67.8 Å². The third kappa shape index (κ3) is 12.1. The molecule has 1 atom stereocenters. The summed E-state index contributed by atoms with van der Waals surface area (Å²) in [5.74, 6) is -0.446. The largest absolute Gasteiger partial charge is 0.694 e. The van der Waals surface area contributed by atoms with Crippen LogP contribution in [0.1, 0.15) is 48.8 Å². The molecule has 0 aliphatic heterocycles. The van der Waals surface area contributed by atoms with E-state index in [0.29, 0.717) is 37.1 Å². The maximum Gasteiger partial charge on any atom is 0.694 e. The molecule has 0 saturated heterocycles. The van der Waals surface area contributed by atoms with Crippen LogP contribution in [-0.2, 0) is 28.5 Å². The third-order valence-electron chi connectivity index (χ3n) is 4.96. The fourth-order valence-corrected chi connectivity index (χ4v) is 3.64. The van der Waals surface area contributed by atoms with E-state index < -0.39 is 14.6 Å². The predicted molar refractivity (Wildman–Crippen MR) is 118 cm³/mol. The summed E-state index contributed by atoms with van der Waals surface area (Å²) < 4.78 is 70.7. The average Bonchev–Trinajstić information content (AvgIpc) is 2.74. The molecule has 0 amide bonds. The van der Waals surface area contributed by atoms with E-state index in [2.05, 4.69) is 14.6 Å². The van der Waals surface area contributed by atoms with Gasteiger partial charge in [0.2, 0.25) is 0 Å². The third-order valence-corrected chi connectivity index (χ3v) is 5.36. The lowest BCUT2D eigenvalue weighted by Gasteiger charge is -2.15. The molecule has 0 saturated carbocycles. The van der Waals surface area contributed by atoms with Crippen molar-refractivity contribution in [3.8, 4) is 5.75 Å². The van der Waals surface area contributed by atoms with Gasteiger partial charge in [0.05, 0.1) is 0 Å². The number of nitrogens with one attached hydrogen (secondary N) is 1. The molecule has 0 aliphatic carbocycles. The van der Waals surface area contributed by atoms with Crippen LogP contribution >= 0.6 is 8.25 Å². The molecule has 1 unspecified atom stereocenters. The van der Waals surface area contributed by atoms with Gasteiger partial charge in [-0.25, -0.2) is 4.39 Å². The van der Waals surface area contributed by atoms with Crippen molar-refractivity contribution in [1.29, 1.82) is 0 Å². The van der Waals surface area contributed by atoms with Crippen molar-refractivity contribution < 1.29 is 36.3 Å². The molecule has 0 bridgehead atoms. The van der Waals surface area contributed by atoms with Gasteiger partial charge in [0.25, 0.3) is 0 Å². The summed E-state index contributed by atoms with van der Waals surface area (Å²) >= 11 is 0. The second kappa shape index (κ2) is 14.3. The number of alkyl halides is 3. The minimum atomic E-state index is -4.77.